The summed E-state index contributed by atoms with van der Waals surface area (Å²) in [5.41, 5.74) is 5.12. The minimum absolute atomic E-state index is 0.221. The second-order valence-corrected chi connectivity index (χ2v) is 5.66. The van der Waals surface area contributed by atoms with E-state index in [9.17, 15) is 4.39 Å². The van der Waals surface area contributed by atoms with E-state index in [0.29, 0.717) is 6.61 Å². The van der Waals surface area contributed by atoms with Crippen LogP contribution in [0.15, 0.2) is 48.7 Å². The van der Waals surface area contributed by atoms with E-state index in [0.717, 1.165) is 33.2 Å². The number of halogens is 2. The maximum absolute atomic E-state index is 13.3. The molecule has 2 aromatic carbocycles. The van der Waals surface area contributed by atoms with Gasteiger partial charge in [0.2, 0.25) is 0 Å². The summed E-state index contributed by atoms with van der Waals surface area (Å²) >= 11 is 3.35. The third-order valence-electron chi connectivity index (χ3n) is 3.31. The Balaban J connectivity index is 2.51. The first-order valence-electron chi connectivity index (χ1n) is 6.83. The first-order chi connectivity index (χ1) is 10.1. The molecule has 0 aliphatic heterocycles. The van der Waals surface area contributed by atoms with Crippen molar-refractivity contribution >= 4 is 21.5 Å². The van der Waals surface area contributed by atoms with Gasteiger partial charge in [-0.15, -0.1) is 0 Å². The number of rotatable bonds is 5. The summed E-state index contributed by atoms with van der Waals surface area (Å²) in [5.74, 6) is -0.221. The quantitative estimate of drug-likeness (QED) is 0.407. The molecule has 0 unspecified atom stereocenters. The Kier molecular flexibility index (Phi) is 5.57. The number of benzene rings is 2. The molecule has 2 rings (SSSR count). The number of aryl methyl sites for hydroxylation is 2. The fourth-order valence-corrected chi connectivity index (χ4v) is 2.45. The molecule has 3 heteroatoms. The molecular formula is C18H18BrFO. The first kappa shape index (κ1) is 15.8. The van der Waals surface area contributed by atoms with Gasteiger partial charge >= 0.3 is 0 Å². The van der Waals surface area contributed by atoms with Crippen LogP contribution >= 0.6 is 15.9 Å². The maximum Gasteiger partial charge on any atom is 0.123 e. The Morgan fingerprint density at radius 2 is 1.81 bits per heavy atom. The molecule has 0 saturated carbocycles. The molecule has 1 nitrogen and oxygen atoms in total. The molecule has 0 radical (unpaired) electrons. The van der Waals surface area contributed by atoms with Crippen molar-refractivity contribution in [1.82, 2.24) is 0 Å². The van der Waals surface area contributed by atoms with E-state index in [1.54, 1.807) is 18.4 Å². The van der Waals surface area contributed by atoms with Crippen LogP contribution in [0.2, 0.25) is 0 Å². The molecule has 0 aliphatic rings. The van der Waals surface area contributed by atoms with E-state index in [2.05, 4.69) is 35.0 Å². The predicted octanol–water partition coefficient (Wildman–Crippen LogP) is 5.24. The van der Waals surface area contributed by atoms with Crippen LogP contribution in [0.5, 0.6) is 0 Å². The summed E-state index contributed by atoms with van der Waals surface area (Å²) in [7, 11) is 0. The Morgan fingerprint density at radius 3 is 2.48 bits per heavy atom. The number of alkyl halides is 1. The minimum atomic E-state index is -0.221. The summed E-state index contributed by atoms with van der Waals surface area (Å²) in [5, 5.41) is 0.771. The van der Waals surface area contributed by atoms with Gasteiger partial charge in [-0.1, -0.05) is 46.3 Å². The highest BCUT2D eigenvalue weighted by Gasteiger charge is 2.11. The zero-order valence-electron chi connectivity index (χ0n) is 12.2. The van der Waals surface area contributed by atoms with E-state index >= 15 is 0 Å². The lowest BCUT2D eigenvalue weighted by molar-refractivity contribution is 0.275. The molecule has 0 saturated heterocycles. The van der Waals surface area contributed by atoms with Gasteiger partial charge in [-0.05, 0) is 48.2 Å². The number of ether oxygens (including phenoxy) is 1. The van der Waals surface area contributed by atoms with Crippen molar-refractivity contribution in [3.05, 3.63) is 76.8 Å². The Bertz CT molecular complexity index is 649. The average molecular weight is 349 g/mol. The van der Waals surface area contributed by atoms with E-state index in [4.69, 9.17) is 4.74 Å². The lowest BCUT2D eigenvalue weighted by atomic mass is 9.92. The van der Waals surface area contributed by atoms with Crippen molar-refractivity contribution in [2.75, 3.05) is 11.9 Å². The molecular weight excluding hydrogens is 331 g/mol. The molecule has 2 aromatic rings. The molecule has 0 heterocycles. The van der Waals surface area contributed by atoms with Gasteiger partial charge in [-0.3, -0.25) is 0 Å². The lowest BCUT2D eigenvalue weighted by Crippen LogP contribution is -1.97. The number of hydrogen-bond acceptors (Lipinski definition) is 1. The van der Waals surface area contributed by atoms with Gasteiger partial charge in [0.05, 0.1) is 12.9 Å². The Morgan fingerprint density at radius 1 is 1.10 bits per heavy atom. The SMILES string of the molecule is Cc1ccccc1C(=COCCBr)c1ccc(F)cc1C. The molecule has 0 spiro atoms. The van der Waals surface area contributed by atoms with Crippen LogP contribution in [0, 0.1) is 19.7 Å². The van der Waals surface area contributed by atoms with Crippen molar-refractivity contribution in [3.63, 3.8) is 0 Å². The maximum atomic E-state index is 13.3. The minimum Gasteiger partial charge on any atom is -0.500 e. The highest BCUT2D eigenvalue weighted by Crippen LogP contribution is 2.29. The molecule has 110 valence electrons. The van der Waals surface area contributed by atoms with Gasteiger partial charge < -0.3 is 4.74 Å². The standard InChI is InChI=1S/C18H18BrFO/c1-13-5-3-4-6-16(13)18(12-21-10-9-19)17-8-7-15(20)11-14(17)2/h3-8,11-12H,9-10H2,1-2H3. The zero-order valence-corrected chi connectivity index (χ0v) is 13.8. The van der Waals surface area contributed by atoms with E-state index in [1.807, 2.05) is 19.1 Å². The van der Waals surface area contributed by atoms with Crippen molar-refractivity contribution < 1.29 is 9.13 Å². The van der Waals surface area contributed by atoms with Crippen LogP contribution in [0.25, 0.3) is 5.57 Å². The number of hydrogen-bond donors (Lipinski definition) is 0. The predicted molar refractivity (Wildman–Crippen MR) is 89.1 cm³/mol. The van der Waals surface area contributed by atoms with Gasteiger partial charge in [-0.2, -0.15) is 0 Å². The fraction of sp³-hybridized carbons (Fsp3) is 0.222. The van der Waals surface area contributed by atoms with Crippen LogP contribution in [-0.2, 0) is 4.74 Å². The average Bonchev–Trinajstić information content (AvgIpc) is 2.46. The van der Waals surface area contributed by atoms with Gasteiger partial charge in [0.25, 0.3) is 0 Å². The third kappa shape index (κ3) is 3.94. The fourth-order valence-electron chi connectivity index (χ4n) is 2.26. The topological polar surface area (TPSA) is 9.23 Å². The van der Waals surface area contributed by atoms with Crippen LogP contribution in [-0.4, -0.2) is 11.9 Å². The summed E-state index contributed by atoms with van der Waals surface area (Å²) in [6.45, 7) is 4.57. The molecule has 0 bridgehead atoms. The monoisotopic (exact) mass is 348 g/mol. The normalized spacial score (nSPS) is 11.5. The second-order valence-electron chi connectivity index (χ2n) is 4.87. The van der Waals surface area contributed by atoms with E-state index in [-0.39, 0.29) is 5.82 Å². The Labute approximate surface area is 133 Å². The molecule has 0 amide bonds. The summed E-state index contributed by atoms with van der Waals surface area (Å²) in [6.07, 6.45) is 1.77. The van der Waals surface area contributed by atoms with Gasteiger partial charge in [0.1, 0.15) is 5.82 Å². The first-order valence-corrected chi connectivity index (χ1v) is 7.96. The van der Waals surface area contributed by atoms with Gasteiger partial charge in [-0.25, -0.2) is 4.39 Å². The summed E-state index contributed by atoms with van der Waals surface area (Å²) in [4.78, 5) is 0. The molecule has 0 N–H and O–H groups in total. The molecule has 0 fully saturated rings. The summed E-state index contributed by atoms with van der Waals surface area (Å²) < 4.78 is 18.9. The third-order valence-corrected chi connectivity index (χ3v) is 3.63. The van der Waals surface area contributed by atoms with E-state index in [1.165, 1.54) is 6.07 Å². The molecule has 21 heavy (non-hydrogen) atoms. The summed E-state index contributed by atoms with van der Waals surface area (Å²) in [6, 6.07) is 13.0. The van der Waals surface area contributed by atoms with Gasteiger partial charge in [0.15, 0.2) is 0 Å². The van der Waals surface area contributed by atoms with Crippen molar-refractivity contribution in [2.45, 2.75) is 13.8 Å². The van der Waals surface area contributed by atoms with Gasteiger partial charge in [0, 0.05) is 10.9 Å². The molecule has 0 atom stereocenters. The highest BCUT2D eigenvalue weighted by atomic mass is 79.9. The molecule has 0 aliphatic carbocycles. The van der Waals surface area contributed by atoms with Crippen LogP contribution in [0.4, 0.5) is 4.39 Å². The van der Waals surface area contributed by atoms with E-state index < -0.39 is 0 Å². The zero-order chi connectivity index (χ0) is 15.2. The molecule has 0 aromatic heterocycles. The lowest BCUT2D eigenvalue weighted by Gasteiger charge is -2.14. The second kappa shape index (κ2) is 7.41. The van der Waals surface area contributed by atoms with Crippen molar-refractivity contribution in [2.24, 2.45) is 0 Å². The van der Waals surface area contributed by atoms with Crippen LogP contribution in [0.1, 0.15) is 22.3 Å². The van der Waals surface area contributed by atoms with Crippen LogP contribution < -0.4 is 0 Å². The Hall–Kier alpha value is -1.61. The van der Waals surface area contributed by atoms with Crippen molar-refractivity contribution in [1.29, 1.82) is 0 Å². The largest absolute Gasteiger partial charge is 0.500 e. The van der Waals surface area contributed by atoms with Crippen LogP contribution in [0.3, 0.4) is 0 Å². The highest BCUT2D eigenvalue weighted by molar-refractivity contribution is 9.09. The smallest absolute Gasteiger partial charge is 0.123 e. The van der Waals surface area contributed by atoms with Crippen molar-refractivity contribution in [3.8, 4) is 0 Å².